The van der Waals surface area contributed by atoms with Crippen LogP contribution in [-0.4, -0.2) is 29.2 Å². The highest BCUT2D eigenvalue weighted by Crippen LogP contribution is 2.39. The van der Waals surface area contributed by atoms with Crippen LogP contribution in [0.3, 0.4) is 0 Å². The zero-order valence-corrected chi connectivity index (χ0v) is 13.9. The molecule has 1 N–H and O–H groups in total. The Balaban J connectivity index is 2.38. The summed E-state index contributed by atoms with van der Waals surface area (Å²) >= 11 is 4.22. The van der Waals surface area contributed by atoms with Crippen LogP contribution in [0.15, 0.2) is 17.6 Å². The molecule has 120 valence electrons. The van der Waals surface area contributed by atoms with Crippen molar-refractivity contribution in [2.24, 2.45) is 0 Å². The van der Waals surface area contributed by atoms with E-state index in [4.69, 9.17) is 9.31 Å². The van der Waals surface area contributed by atoms with Gasteiger partial charge in [0.2, 0.25) is 0 Å². The fourth-order valence-electron chi connectivity index (χ4n) is 2.08. The molecule has 0 aliphatic carbocycles. The van der Waals surface area contributed by atoms with Crippen LogP contribution in [0.5, 0.6) is 5.75 Å². The lowest BCUT2D eigenvalue weighted by atomic mass is 9.78. The van der Waals surface area contributed by atoms with Gasteiger partial charge in [0.15, 0.2) is 11.6 Å². The number of phenols is 1. The fraction of sp³-hybridized carbons (Fsp3) is 0.467. The van der Waals surface area contributed by atoms with Gasteiger partial charge < -0.3 is 14.4 Å². The molecule has 3 nitrogen and oxygen atoms in total. The number of aromatic hydroxyl groups is 1. The van der Waals surface area contributed by atoms with Crippen LogP contribution in [0, 0.1) is 11.6 Å². The van der Waals surface area contributed by atoms with E-state index in [0.29, 0.717) is 11.5 Å². The first-order chi connectivity index (χ1) is 10.1. The number of hydrogen-bond acceptors (Lipinski definition) is 4. The predicted octanol–water partition coefficient (Wildman–Crippen LogP) is 3.62. The number of phenolic OH excluding ortho intramolecular Hbond substituents is 1. The molecule has 0 saturated carbocycles. The van der Waals surface area contributed by atoms with Crippen molar-refractivity contribution in [2.75, 3.05) is 5.75 Å². The van der Waals surface area contributed by atoms with Gasteiger partial charge in [-0.1, -0.05) is 6.08 Å². The average molecular weight is 328 g/mol. The minimum atomic E-state index is -1.02. The second-order valence-corrected chi connectivity index (χ2v) is 6.61. The highest BCUT2D eigenvalue weighted by Gasteiger charge is 2.52. The molecule has 0 radical (unpaired) electrons. The van der Waals surface area contributed by atoms with Crippen molar-refractivity contribution in [3.8, 4) is 5.75 Å². The zero-order valence-electron chi connectivity index (χ0n) is 13.0. The van der Waals surface area contributed by atoms with Crippen molar-refractivity contribution in [3.05, 3.63) is 34.8 Å². The Kier molecular flexibility index (Phi) is 4.62. The van der Waals surface area contributed by atoms with Crippen molar-refractivity contribution in [3.63, 3.8) is 0 Å². The Morgan fingerprint density at radius 2 is 1.77 bits per heavy atom. The van der Waals surface area contributed by atoms with E-state index in [1.165, 1.54) is 6.08 Å². The molecule has 1 heterocycles. The third-order valence-electron chi connectivity index (χ3n) is 4.14. The number of rotatable bonds is 3. The Morgan fingerprint density at radius 1 is 1.23 bits per heavy atom. The van der Waals surface area contributed by atoms with Crippen LogP contribution in [0.4, 0.5) is 8.78 Å². The Bertz CT molecular complexity index is 601. The number of benzene rings is 1. The quantitative estimate of drug-likeness (QED) is 0.658. The standard InChI is InChI=1S/C15H19BF2O3S/c1-14(2)15(3,4)21-16(20-14)10(8-22)5-9-6-11(17)7-12(18)13(9)19/h5-7,19,22H,8H2,1-4H3. The predicted molar refractivity (Wildman–Crippen MR) is 85.9 cm³/mol. The summed E-state index contributed by atoms with van der Waals surface area (Å²) in [6.45, 7) is 7.62. The molecule has 0 amide bonds. The van der Waals surface area contributed by atoms with Gasteiger partial charge in [-0.3, -0.25) is 0 Å². The van der Waals surface area contributed by atoms with E-state index in [-0.39, 0.29) is 11.3 Å². The zero-order chi connectivity index (χ0) is 16.7. The minimum absolute atomic E-state index is 0.0243. The number of thiol groups is 1. The number of hydrogen-bond donors (Lipinski definition) is 2. The SMILES string of the molecule is CC1(C)OB(C(=Cc2cc(F)cc(F)c2O)CS)OC1(C)C. The van der Waals surface area contributed by atoms with Crippen molar-refractivity contribution >= 4 is 25.8 Å². The van der Waals surface area contributed by atoms with E-state index in [9.17, 15) is 13.9 Å². The molecule has 1 aromatic carbocycles. The summed E-state index contributed by atoms with van der Waals surface area (Å²) in [5, 5.41) is 9.72. The van der Waals surface area contributed by atoms with E-state index in [2.05, 4.69) is 12.6 Å². The average Bonchev–Trinajstić information content (AvgIpc) is 2.60. The first-order valence-corrected chi connectivity index (χ1v) is 7.55. The van der Waals surface area contributed by atoms with Crippen molar-refractivity contribution in [1.82, 2.24) is 0 Å². The lowest BCUT2D eigenvalue weighted by molar-refractivity contribution is 0.00578. The van der Waals surface area contributed by atoms with Gasteiger partial charge in [-0.2, -0.15) is 12.6 Å². The van der Waals surface area contributed by atoms with Gasteiger partial charge in [0.1, 0.15) is 5.82 Å². The molecule has 1 fully saturated rings. The van der Waals surface area contributed by atoms with E-state index in [1.807, 2.05) is 27.7 Å². The summed E-state index contributed by atoms with van der Waals surface area (Å²) < 4.78 is 38.5. The highest BCUT2D eigenvalue weighted by molar-refractivity contribution is 7.80. The van der Waals surface area contributed by atoms with Crippen LogP contribution in [-0.2, 0) is 9.31 Å². The van der Waals surface area contributed by atoms with Crippen molar-refractivity contribution in [1.29, 1.82) is 0 Å². The maximum absolute atomic E-state index is 13.4. The molecule has 1 aromatic rings. The van der Waals surface area contributed by atoms with Crippen LogP contribution in [0.1, 0.15) is 33.3 Å². The third-order valence-corrected chi connectivity index (χ3v) is 4.50. The molecule has 7 heteroatoms. The molecule has 2 rings (SSSR count). The third kappa shape index (κ3) is 3.16. The van der Waals surface area contributed by atoms with Crippen molar-refractivity contribution in [2.45, 2.75) is 38.9 Å². The maximum Gasteiger partial charge on any atom is 0.491 e. The first-order valence-electron chi connectivity index (χ1n) is 6.92. The van der Waals surface area contributed by atoms with E-state index >= 15 is 0 Å². The molecule has 0 atom stereocenters. The maximum atomic E-state index is 13.4. The van der Waals surface area contributed by atoms with Gasteiger partial charge >= 0.3 is 7.12 Å². The summed E-state index contributed by atoms with van der Waals surface area (Å²) in [7, 11) is -0.687. The molecular weight excluding hydrogens is 309 g/mol. The van der Waals surface area contributed by atoms with Gasteiger partial charge in [-0.15, -0.1) is 0 Å². The van der Waals surface area contributed by atoms with Gasteiger partial charge in [-0.25, -0.2) is 8.78 Å². The largest absolute Gasteiger partial charge is 0.504 e. The molecule has 0 spiro atoms. The van der Waals surface area contributed by atoms with Gasteiger partial charge in [0, 0.05) is 17.4 Å². The normalized spacial score (nSPS) is 20.5. The summed E-state index contributed by atoms with van der Waals surface area (Å²) in [4.78, 5) is 0. The second kappa shape index (κ2) is 5.87. The number of halogens is 2. The Labute approximate surface area is 134 Å². The van der Waals surface area contributed by atoms with Crippen LogP contribution in [0.25, 0.3) is 6.08 Å². The lowest BCUT2D eigenvalue weighted by Crippen LogP contribution is -2.41. The van der Waals surface area contributed by atoms with Crippen LogP contribution >= 0.6 is 12.6 Å². The van der Waals surface area contributed by atoms with Gasteiger partial charge in [0.05, 0.1) is 11.2 Å². The molecule has 1 aliphatic rings. The summed E-state index contributed by atoms with van der Waals surface area (Å²) in [6, 6.07) is 1.68. The molecule has 0 bridgehead atoms. The molecule has 0 unspecified atom stereocenters. The molecule has 22 heavy (non-hydrogen) atoms. The fourth-order valence-corrected chi connectivity index (χ4v) is 2.32. The highest BCUT2D eigenvalue weighted by atomic mass is 32.1. The molecule has 0 aromatic heterocycles. The summed E-state index contributed by atoms with van der Waals surface area (Å²) in [5.74, 6) is -2.14. The molecular formula is C15H19BF2O3S. The molecule has 1 saturated heterocycles. The van der Waals surface area contributed by atoms with Crippen LogP contribution < -0.4 is 0 Å². The summed E-state index contributed by atoms with van der Waals surface area (Å²) in [6.07, 6.45) is 1.44. The van der Waals surface area contributed by atoms with E-state index in [1.54, 1.807) is 0 Å². The van der Waals surface area contributed by atoms with Crippen LogP contribution in [0.2, 0.25) is 0 Å². The Morgan fingerprint density at radius 3 is 2.27 bits per heavy atom. The Hall–Kier alpha value is -1.05. The molecule has 1 aliphatic heterocycles. The smallest absolute Gasteiger partial charge is 0.491 e. The second-order valence-electron chi connectivity index (χ2n) is 6.29. The minimum Gasteiger partial charge on any atom is -0.504 e. The van der Waals surface area contributed by atoms with Gasteiger partial charge in [-0.05, 0) is 39.2 Å². The van der Waals surface area contributed by atoms with Crippen molar-refractivity contribution < 1.29 is 23.2 Å². The monoisotopic (exact) mass is 328 g/mol. The lowest BCUT2D eigenvalue weighted by Gasteiger charge is -2.32. The van der Waals surface area contributed by atoms with Gasteiger partial charge in [0.25, 0.3) is 0 Å². The van der Waals surface area contributed by atoms with E-state index < -0.39 is 35.7 Å². The topological polar surface area (TPSA) is 38.7 Å². The summed E-state index contributed by atoms with van der Waals surface area (Å²) in [5.41, 5.74) is -0.470. The van der Waals surface area contributed by atoms with E-state index in [0.717, 1.165) is 6.07 Å². The first kappa shape index (κ1) is 17.3.